The zero-order valence-corrected chi connectivity index (χ0v) is 22.1. The molecule has 200 valence electrons. The minimum atomic E-state index is -0.873. The van der Waals surface area contributed by atoms with Gasteiger partial charge in [-0.3, -0.25) is 9.59 Å². The second kappa shape index (κ2) is 10.2. The molecule has 0 bridgehead atoms. The highest BCUT2D eigenvalue weighted by molar-refractivity contribution is 6.04. The molecule has 1 saturated carbocycles. The highest BCUT2D eigenvalue weighted by atomic mass is 16.5. The van der Waals surface area contributed by atoms with Crippen LogP contribution in [0.2, 0.25) is 0 Å². The highest BCUT2D eigenvalue weighted by Gasteiger charge is 2.43. The number of benzene rings is 2. The smallest absolute Gasteiger partial charge is 0.337 e. The summed E-state index contributed by atoms with van der Waals surface area (Å²) >= 11 is 0. The summed E-state index contributed by atoms with van der Waals surface area (Å²) in [5.41, 5.74) is 3.46. The average molecular weight is 526 g/mol. The number of rotatable bonds is 5. The number of fused-ring (bicyclic) bond motifs is 1. The van der Waals surface area contributed by atoms with Gasteiger partial charge in [-0.05, 0) is 62.8 Å². The Bertz CT molecular complexity index is 1590. The Hall–Kier alpha value is -4.13. The standard InChI is InChI=1S/C32H31NO6/c1-18-28(32(36)39-20-9-3-4-10-20)29(23-17-38-27-14-8-6-12-22(27)31(23)35)30-24(33-18)15-19(16-25(30)34)21-11-5-7-13-26(21)37-2/h5-8,11-14,17,19-20,29,33H,3-4,9-10,15-16H2,1-2H3. The number of carbonyl (C=O) groups excluding carboxylic acids is 2. The first-order valence-corrected chi connectivity index (χ1v) is 13.5. The molecule has 2 aliphatic carbocycles. The first kappa shape index (κ1) is 25.2. The van der Waals surface area contributed by atoms with E-state index in [2.05, 4.69) is 5.32 Å². The van der Waals surface area contributed by atoms with E-state index in [1.807, 2.05) is 31.2 Å². The largest absolute Gasteiger partial charge is 0.496 e. The van der Waals surface area contributed by atoms with Gasteiger partial charge in [-0.15, -0.1) is 0 Å². The third kappa shape index (κ3) is 4.46. The van der Waals surface area contributed by atoms with Gasteiger partial charge in [-0.1, -0.05) is 30.3 Å². The maximum atomic E-state index is 13.9. The molecule has 2 heterocycles. The van der Waals surface area contributed by atoms with Gasteiger partial charge in [0.15, 0.2) is 11.2 Å². The third-order valence-electron chi connectivity index (χ3n) is 8.22. The second-order valence-electron chi connectivity index (χ2n) is 10.6. The predicted molar refractivity (Wildman–Crippen MR) is 146 cm³/mol. The number of hydrogen-bond acceptors (Lipinski definition) is 7. The molecule has 3 aliphatic rings. The van der Waals surface area contributed by atoms with Gasteiger partial charge in [-0.2, -0.15) is 0 Å². The number of allylic oxidation sites excluding steroid dienone is 3. The molecule has 2 aromatic carbocycles. The maximum Gasteiger partial charge on any atom is 0.337 e. The van der Waals surface area contributed by atoms with E-state index in [-0.39, 0.29) is 35.2 Å². The Balaban J connectivity index is 1.47. The number of methoxy groups -OCH3 is 1. The van der Waals surface area contributed by atoms with Crippen molar-refractivity contribution in [2.75, 3.05) is 7.11 Å². The fourth-order valence-corrected chi connectivity index (χ4v) is 6.36. The zero-order chi connectivity index (χ0) is 27.1. The van der Waals surface area contributed by atoms with Gasteiger partial charge in [0.05, 0.1) is 30.3 Å². The number of Topliss-reactive ketones (excluding diaryl/α,β-unsaturated/α-hetero) is 1. The fraction of sp³-hybridized carbons (Fsp3) is 0.344. The number of para-hydroxylation sites is 2. The Morgan fingerprint density at radius 1 is 0.974 bits per heavy atom. The van der Waals surface area contributed by atoms with Crippen molar-refractivity contribution in [2.45, 2.75) is 63.4 Å². The number of ketones is 1. The van der Waals surface area contributed by atoms with E-state index in [1.54, 1.807) is 31.4 Å². The molecule has 1 N–H and O–H groups in total. The quantitative estimate of drug-likeness (QED) is 0.430. The molecule has 2 atom stereocenters. The van der Waals surface area contributed by atoms with Crippen molar-refractivity contribution in [2.24, 2.45) is 0 Å². The van der Waals surface area contributed by atoms with Crippen LogP contribution >= 0.6 is 0 Å². The summed E-state index contributed by atoms with van der Waals surface area (Å²) in [4.78, 5) is 41.4. The van der Waals surface area contributed by atoms with Gasteiger partial charge in [-0.25, -0.2) is 4.79 Å². The Labute approximate surface area is 226 Å². The molecule has 7 heteroatoms. The maximum absolute atomic E-state index is 13.9. The minimum absolute atomic E-state index is 0.103. The molecule has 0 spiro atoms. The fourth-order valence-electron chi connectivity index (χ4n) is 6.36. The van der Waals surface area contributed by atoms with Crippen molar-refractivity contribution in [3.8, 4) is 5.75 Å². The molecule has 1 aliphatic heterocycles. The molecule has 7 nitrogen and oxygen atoms in total. The van der Waals surface area contributed by atoms with Crippen LogP contribution in [0.3, 0.4) is 0 Å². The van der Waals surface area contributed by atoms with Crippen LogP contribution in [0.15, 0.2) is 86.5 Å². The highest BCUT2D eigenvalue weighted by Crippen LogP contribution is 2.46. The van der Waals surface area contributed by atoms with E-state index in [0.29, 0.717) is 34.2 Å². The third-order valence-corrected chi connectivity index (χ3v) is 8.22. The summed E-state index contributed by atoms with van der Waals surface area (Å²) in [6.45, 7) is 1.81. The van der Waals surface area contributed by atoms with Crippen LogP contribution in [-0.4, -0.2) is 25.0 Å². The van der Waals surface area contributed by atoms with Crippen LogP contribution in [0.4, 0.5) is 0 Å². The SMILES string of the molecule is COc1ccccc1C1CC(=O)C2=C(C1)NC(C)=C(C(=O)OC1CCCC1)C2c1coc2ccccc2c1=O. The summed E-state index contributed by atoms with van der Waals surface area (Å²) in [6, 6.07) is 14.7. The number of nitrogens with one attached hydrogen (secondary N) is 1. The van der Waals surface area contributed by atoms with Crippen molar-refractivity contribution >= 4 is 22.7 Å². The van der Waals surface area contributed by atoms with Crippen LogP contribution in [0.1, 0.15) is 68.4 Å². The van der Waals surface area contributed by atoms with Crippen molar-refractivity contribution < 1.29 is 23.5 Å². The van der Waals surface area contributed by atoms with Gasteiger partial charge < -0.3 is 19.2 Å². The number of carbonyl (C=O) groups is 2. The minimum Gasteiger partial charge on any atom is -0.496 e. The second-order valence-corrected chi connectivity index (χ2v) is 10.6. The molecule has 6 rings (SSSR count). The summed E-state index contributed by atoms with van der Waals surface area (Å²) in [5.74, 6) is -0.850. The van der Waals surface area contributed by atoms with Crippen LogP contribution in [0, 0.1) is 0 Å². The number of ether oxygens (including phenoxy) is 2. The molecule has 1 aromatic heterocycles. The van der Waals surface area contributed by atoms with E-state index >= 15 is 0 Å². The number of hydrogen-bond donors (Lipinski definition) is 1. The van der Waals surface area contributed by atoms with Crippen LogP contribution in [0.5, 0.6) is 5.75 Å². The Kier molecular flexibility index (Phi) is 6.59. The van der Waals surface area contributed by atoms with Crippen molar-refractivity contribution in [3.63, 3.8) is 0 Å². The van der Waals surface area contributed by atoms with Crippen molar-refractivity contribution in [3.05, 3.63) is 98.7 Å². The van der Waals surface area contributed by atoms with Crippen molar-refractivity contribution in [1.29, 1.82) is 0 Å². The van der Waals surface area contributed by atoms with Gasteiger partial charge in [0.2, 0.25) is 0 Å². The van der Waals surface area contributed by atoms with Crippen LogP contribution in [-0.2, 0) is 14.3 Å². The van der Waals surface area contributed by atoms with E-state index in [4.69, 9.17) is 13.9 Å². The summed E-state index contributed by atoms with van der Waals surface area (Å²) in [6.07, 6.45) is 5.71. The lowest BCUT2D eigenvalue weighted by Crippen LogP contribution is -2.38. The molecule has 1 fully saturated rings. The number of dihydropyridines is 1. The molecule has 2 unspecified atom stereocenters. The zero-order valence-electron chi connectivity index (χ0n) is 22.1. The first-order chi connectivity index (χ1) is 19.0. The molecule has 3 aromatic rings. The first-order valence-electron chi connectivity index (χ1n) is 13.5. The number of esters is 1. The molecular formula is C32H31NO6. The van der Waals surface area contributed by atoms with Crippen molar-refractivity contribution in [1.82, 2.24) is 5.32 Å². The predicted octanol–water partition coefficient (Wildman–Crippen LogP) is 5.65. The van der Waals surface area contributed by atoms with E-state index < -0.39 is 11.9 Å². The monoisotopic (exact) mass is 525 g/mol. The normalized spacial score (nSPS) is 21.6. The molecule has 39 heavy (non-hydrogen) atoms. The van der Waals surface area contributed by atoms with Gasteiger partial charge in [0.25, 0.3) is 0 Å². The van der Waals surface area contributed by atoms with Crippen LogP contribution in [0.25, 0.3) is 11.0 Å². The Morgan fingerprint density at radius 2 is 1.72 bits per heavy atom. The topological polar surface area (TPSA) is 94.8 Å². The van der Waals surface area contributed by atoms with E-state index in [0.717, 1.165) is 42.7 Å². The van der Waals surface area contributed by atoms with Gasteiger partial charge >= 0.3 is 5.97 Å². The van der Waals surface area contributed by atoms with Gasteiger partial charge in [0.1, 0.15) is 17.4 Å². The molecule has 0 radical (unpaired) electrons. The van der Waals surface area contributed by atoms with E-state index in [9.17, 15) is 14.4 Å². The molecule has 0 amide bonds. The average Bonchev–Trinajstić information content (AvgIpc) is 3.45. The Morgan fingerprint density at radius 3 is 2.51 bits per heavy atom. The molecule has 0 saturated heterocycles. The summed E-state index contributed by atoms with van der Waals surface area (Å²) in [5, 5.41) is 3.77. The van der Waals surface area contributed by atoms with E-state index in [1.165, 1.54) is 6.26 Å². The van der Waals surface area contributed by atoms with Gasteiger partial charge in [0, 0.05) is 34.9 Å². The summed E-state index contributed by atoms with van der Waals surface area (Å²) < 4.78 is 17.4. The van der Waals surface area contributed by atoms with Crippen LogP contribution < -0.4 is 15.5 Å². The lowest BCUT2D eigenvalue weighted by Gasteiger charge is -2.36. The lowest BCUT2D eigenvalue weighted by atomic mass is 9.71. The lowest BCUT2D eigenvalue weighted by molar-refractivity contribution is -0.144. The molecular weight excluding hydrogens is 494 g/mol. The summed E-state index contributed by atoms with van der Waals surface area (Å²) in [7, 11) is 1.62.